The van der Waals surface area contributed by atoms with Crippen molar-refractivity contribution in [2.24, 2.45) is 0 Å². The Hall–Kier alpha value is -2.68. The minimum atomic E-state index is -0.156. The molecule has 1 aliphatic heterocycles. The van der Waals surface area contributed by atoms with E-state index in [9.17, 15) is 9.59 Å². The highest BCUT2D eigenvalue weighted by molar-refractivity contribution is 5.96. The van der Waals surface area contributed by atoms with Gasteiger partial charge in [0.1, 0.15) is 0 Å². The van der Waals surface area contributed by atoms with Crippen molar-refractivity contribution in [3.8, 4) is 0 Å². The first-order valence-corrected chi connectivity index (χ1v) is 11.7. The number of carbonyl (C=O) groups is 2. The van der Waals surface area contributed by atoms with Gasteiger partial charge in [0.2, 0.25) is 0 Å². The fourth-order valence-electron chi connectivity index (χ4n) is 4.55. The fraction of sp³-hybridized carbons (Fsp3) is 0.652. The second-order valence-corrected chi connectivity index (χ2v) is 8.98. The zero-order valence-electron chi connectivity index (χ0n) is 19.3. The van der Waals surface area contributed by atoms with Crippen LogP contribution in [0.4, 0.5) is 0 Å². The van der Waals surface area contributed by atoms with Crippen molar-refractivity contribution in [2.75, 3.05) is 20.3 Å². The molecule has 0 spiro atoms. The summed E-state index contributed by atoms with van der Waals surface area (Å²) < 4.78 is 9.09. The molecule has 4 rings (SSSR count). The third-order valence-corrected chi connectivity index (χ3v) is 6.59. The van der Waals surface area contributed by atoms with Gasteiger partial charge in [-0.2, -0.15) is 0 Å². The zero-order chi connectivity index (χ0) is 22.7. The molecule has 2 aliphatic rings. The number of rotatable bonds is 9. The van der Waals surface area contributed by atoms with Gasteiger partial charge in [0.05, 0.1) is 18.4 Å². The SMILES string of the molecule is COCCn1c(C)cc(C(=O)N2CCCCC2CCn2cc(C(=O)NC3CC3)nn2)c1C. The number of carbonyl (C=O) groups excluding carboxylic acids is 2. The normalized spacial score (nSPS) is 18.7. The first-order valence-electron chi connectivity index (χ1n) is 11.7. The van der Waals surface area contributed by atoms with E-state index in [-0.39, 0.29) is 17.9 Å². The lowest BCUT2D eigenvalue weighted by Crippen LogP contribution is -2.44. The highest BCUT2D eigenvalue weighted by Crippen LogP contribution is 2.25. The van der Waals surface area contributed by atoms with Crippen LogP contribution in [-0.2, 0) is 17.8 Å². The summed E-state index contributed by atoms with van der Waals surface area (Å²) in [4.78, 5) is 27.7. The number of methoxy groups -OCH3 is 1. The average molecular weight is 443 g/mol. The van der Waals surface area contributed by atoms with Crippen LogP contribution in [0, 0.1) is 13.8 Å². The minimum absolute atomic E-state index is 0.106. The van der Waals surface area contributed by atoms with Crippen molar-refractivity contribution in [1.29, 1.82) is 0 Å². The van der Waals surface area contributed by atoms with Crippen molar-refractivity contribution in [2.45, 2.75) is 77.5 Å². The Bertz CT molecular complexity index is 961. The van der Waals surface area contributed by atoms with Crippen LogP contribution < -0.4 is 5.32 Å². The predicted molar refractivity (Wildman–Crippen MR) is 120 cm³/mol. The summed E-state index contributed by atoms with van der Waals surface area (Å²) in [5.74, 6) is -0.0494. The molecule has 174 valence electrons. The Kier molecular flexibility index (Phi) is 6.93. The van der Waals surface area contributed by atoms with Gasteiger partial charge in [-0.25, -0.2) is 0 Å². The van der Waals surface area contributed by atoms with Gasteiger partial charge in [-0.1, -0.05) is 5.21 Å². The quantitative estimate of drug-likeness (QED) is 0.643. The van der Waals surface area contributed by atoms with Gasteiger partial charge in [0.25, 0.3) is 11.8 Å². The number of ether oxygens (including phenoxy) is 1. The van der Waals surface area contributed by atoms with Crippen molar-refractivity contribution in [3.63, 3.8) is 0 Å². The summed E-state index contributed by atoms with van der Waals surface area (Å²) in [7, 11) is 1.69. The molecule has 2 fully saturated rings. The van der Waals surface area contributed by atoms with Gasteiger partial charge in [-0.15, -0.1) is 5.10 Å². The first-order chi connectivity index (χ1) is 15.5. The number of amides is 2. The summed E-state index contributed by atoms with van der Waals surface area (Å²) in [6.45, 7) is 6.82. The van der Waals surface area contributed by atoms with E-state index < -0.39 is 0 Å². The molecular weight excluding hydrogens is 408 g/mol. The smallest absolute Gasteiger partial charge is 0.273 e. The fourth-order valence-corrected chi connectivity index (χ4v) is 4.55. The van der Waals surface area contributed by atoms with E-state index in [1.54, 1.807) is 18.0 Å². The maximum atomic E-state index is 13.5. The van der Waals surface area contributed by atoms with Crippen LogP contribution in [0.1, 0.15) is 70.8 Å². The van der Waals surface area contributed by atoms with Crippen LogP contribution >= 0.6 is 0 Å². The van der Waals surface area contributed by atoms with Gasteiger partial charge in [-0.05, 0) is 58.4 Å². The molecule has 9 nitrogen and oxygen atoms in total. The van der Waals surface area contributed by atoms with Gasteiger partial charge >= 0.3 is 0 Å². The summed E-state index contributed by atoms with van der Waals surface area (Å²) >= 11 is 0. The van der Waals surface area contributed by atoms with E-state index in [1.165, 1.54) is 0 Å². The second kappa shape index (κ2) is 9.85. The van der Waals surface area contributed by atoms with Gasteiger partial charge < -0.3 is 19.5 Å². The van der Waals surface area contributed by atoms with E-state index in [0.29, 0.717) is 24.9 Å². The third-order valence-electron chi connectivity index (χ3n) is 6.59. The Labute approximate surface area is 189 Å². The van der Waals surface area contributed by atoms with Crippen LogP contribution in [0.5, 0.6) is 0 Å². The van der Waals surface area contributed by atoms with Crippen LogP contribution in [0.2, 0.25) is 0 Å². The first kappa shape index (κ1) is 22.5. The van der Waals surface area contributed by atoms with Crippen molar-refractivity contribution < 1.29 is 14.3 Å². The lowest BCUT2D eigenvalue weighted by Gasteiger charge is -2.36. The van der Waals surface area contributed by atoms with Crippen molar-refractivity contribution in [1.82, 2.24) is 29.8 Å². The van der Waals surface area contributed by atoms with E-state index >= 15 is 0 Å². The van der Waals surface area contributed by atoms with Crippen LogP contribution in [-0.4, -0.2) is 68.6 Å². The van der Waals surface area contributed by atoms with E-state index in [2.05, 4.69) is 20.2 Å². The Morgan fingerprint density at radius 1 is 1.19 bits per heavy atom. The summed E-state index contributed by atoms with van der Waals surface area (Å²) in [6, 6.07) is 2.46. The van der Waals surface area contributed by atoms with Crippen LogP contribution in [0.25, 0.3) is 0 Å². The highest BCUT2D eigenvalue weighted by Gasteiger charge is 2.30. The van der Waals surface area contributed by atoms with Crippen molar-refractivity contribution >= 4 is 11.8 Å². The Morgan fingerprint density at radius 2 is 2.00 bits per heavy atom. The van der Waals surface area contributed by atoms with Crippen LogP contribution in [0.3, 0.4) is 0 Å². The lowest BCUT2D eigenvalue weighted by atomic mass is 9.98. The predicted octanol–water partition coefficient (Wildman–Crippen LogP) is 2.32. The zero-order valence-corrected chi connectivity index (χ0v) is 19.3. The number of aryl methyl sites for hydroxylation is 2. The number of likely N-dealkylation sites (tertiary alicyclic amines) is 1. The topological polar surface area (TPSA) is 94.3 Å². The monoisotopic (exact) mass is 442 g/mol. The molecule has 1 saturated heterocycles. The molecule has 2 aromatic rings. The number of hydrogen-bond acceptors (Lipinski definition) is 5. The van der Waals surface area contributed by atoms with Gasteiger partial charge in [-0.3, -0.25) is 14.3 Å². The van der Waals surface area contributed by atoms with E-state index in [1.807, 2.05) is 24.8 Å². The summed E-state index contributed by atoms with van der Waals surface area (Å²) in [5, 5.41) is 11.1. The maximum Gasteiger partial charge on any atom is 0.273 e. The molecule has 2 amide bonds. The molecular formula is C23H34N6O3. The van der Waals surface area contributed by atoms with E-state index in [4.69, 9.17) is 4.74 Å². The lowest BCUT2D eigenvalue weighted by molar-refractivity contribution is 0.0592. The Morgan fingerprint density at radius 3 is 2.75 bits per heavy atom. The molecule has 1 aliphatic carbocycles. The number of nitrogens with one attached hydrogen (secondary N) is 1. The number of aromatic nitrogens is 4. The molecule has 2 aromatic heterocycles. The number of hydrogen-bond donors (Lipinski definition) is 1. The third kappa shape index (κ3) is 5.03. The minimum Gasteiger partial charge on any atom is -0.383 e. The Balaban J connectivity index is 1.40. The molecule has 32 heavy (non-hydrogen) atoms. The number of piperidine rings is 1. The molecule has 0 aromatic carbocycles. The van der Waals surface area contributed by atoms with Gasteiger partial charge in [0.15, 0.2) is 5.69 Å². The maximum absolute atomic E-state index is 13.5. The molecule has 3 heterocycles. The molecule has 9 heteroatoms. The molecule has 1 unspecified atom stereocenters. The summed E-state index contributed by atoms with van der Waals surface area (Å²) in [5.41, 5.74) is 3.22. The van der Waals surface area contributed by atoms with E-state index in [0.717, 1.165) is 68.6 Å². The van der Waals surface area contributed by atoms with Crippen molar-refractivity contribution in [3.05, 3.63) is 34.9 Å². The molecule has 1 saturated carbocycles. The second-order valence-electron chi connectivity index (χ2n) is 8.98. The largest absolute Gasteiger partial charge is 0.383 e. The van der Waals surface area contributed by atoms with Gasteiger partial charge in [0, 0.05) is 50.2 Å². The molecule has 1 N–H and O–H groups in total. The van der Waals surface area contributed by atoms with Crippen LogP contribution in [0.15, 0.2) is 12.3 Å². The molecule has 0 radical (unpaired) electrons. The standard InChI is InChI=1S/C23H34N6O3/c1-16-14-20(17(2)28(16)12-13-32-3)23(31)29-10-5-4-6-19(29)9-11-27-15-21(25-26-27)22(30)24-18-7-8-18/h14-15,18-19H,4-13H2,1-3H3,(H,24,30). The molecule has 1 atom stereocenters. The molecule has 0 bridgehead atoms. The summed E-state index contributed by atoms with van der Waals surface area (Å²) in [6.07, 6.45) is 7.71. The highest BCUT2D eigenvalue weighted by atomic mass is 16.5. The number of nitrogens with zero attached hydrogens (tertiary/aromatic N) is 5. The average Bonchev–Trinajstić information content (AvgIpc) is 3.39.